The highest BCUT2D eigenvalue weighted by molar-refractivity contribution is 5.86. The molecule has 2 aromatic rings. The summed E-state index contributed by atoms with van der Waals surface area (Å²) < 4.78 is 41.0. The third kappa shape index (κ3) is 1.75. The summed E-state index contributed by atoms with van der Waals surface area (Å²) in [6, 6.07) is 1.06. The summed E-state index contributed by atoms with van der Waals surface area (Å²) in [5.74, 6) is -2.29. The molecule has 0 N–H and O–H groups in total. The van der Waals surface area contributed by atoms with Crippen LogP contribution in [0.4, 0.5) is 13.2 Å². The summed E-state index contributed by atoms with van der Waals surface area (Å²) in [5.41, 5.74) is -0.784. The second-order valence-electron chi connectivity index (χ2n) is 4.54. The molecule has 6 heteroatoms. The lowest BCUT2D eigenvalue weighted by molar-refractivity contribution is 0.112. The van der Waals surface area contributed by atoms with E-state index < -0.39 is 29.3 Å². The van der Waals surface area contributed by atoms with Crippen molar-refractivity contribution in [2.75, 3.05) is 0 Å². The molecule has 2 atom stereocenters. The molecule has 1 aromatic carbocycles. The molecule has 1 aliphatic carbocycles. The second-order valence-corrected chi connectivity index (χ2v) is 4.54. The zero-order chi connectivity index (χ0) is 13.7. The highest BCUT2D eigenvalue weighted by Crippen LogP contribution is 2.40. The molecule has 0 saturated heterocycles. The van der Waals surface area contributed by atoms with Gasteiger partial charge in [-0.1, -0.05) is 0 Å². The van der Waals surface area contributed by atoms with E-state index in [2.05, 4.69) is 0 Å². The number of pyridine rings is 1. The van der Waals surface area contributed by atoms with Crippen LogP contribution in [0.1, 0.15) is 22.8 Å². The molecule has 19 heavy (non-hydrogen) atoms. The van der Waals surface area contributed by atoms with Crippen LogP contribution in [0.15, 0.2) is 23.1 Å². The van der Waals surface area contributed by atoms with Crippen LogP contribution in [0.25, 0.3) is 10.9 Å². The number of alkyl halides is 1. The lowest BCUT2D eigenvalue weighted by Crippen LogP contribution is -2.15. The quantitative estimate of drug-likeness (QED) is 0.784. The SMILES string of the molecule is O=Cc1cn(C2CC2F)c2cc(F)c(F)cc2c1=O. The summed E-state index contributed by atoms with van der Waals surface area (Å²) in [6.07, 6.45) is 0.655. The molecule has 1 fully saturated rings. The molecular formula is C13H8F3NO2. The third-order valence-electron chi connectivity index (χ3n) is 3.27. The first kappa shape index (κ1) is 12.0. The van der Waals surface area contributed by atoms with Gasteiger partial charge in [0.2, 0.25) is 0 Å². The standard InChI is InChI=1S/C13H8F3NO2/c14-8-1-7-11(2-9(8)15)17(12-3-10(12)16)4-6(5-18)13(7)19/h1-2,4-5,10,12H,3H2. The topological polar surface area (TPSA) is 39.1 Å². The van der Waals surface area contributed by atoms with E-state index in [9.17, 15) is 22.8 Å². The average Bonchev–Trinajstić information content (AvgIpc) is 3.09. The van der Waals surface area contributed by atoms with Crippen molar-refractivity contribution in [3.8, 4) is 0 Å². The first-order valence-electron chi connectivity index (χ1n) is 5.66. The van der Waals surface area contributed by atoms with Crippen LogP contribution in [-0.2, 0) is 0 Å². The van der Waals surface area contributed by atoms with Gasteiger partial charge in [0.15, 0.2) is 23.3 Å². The highest BCUT2D eigenvalue weighted by Gasteiger charge is 2.39. The minimum absolute atomic E-state index is 0.0969. The Morgan fingerprint density at radius 3 is 2.47 bits per heavy atom. The van der Waals surface area contributed by atoms with Gasteiger partial charge in [0, 0.05) is 24.1 Å². The summed E-state index contributed by atoms with van der Waals surface area (Å²) in [4.78, 5) is 22.7. The predicted molar refractivity (Wildman–Crippen MR) is 62.1 cm³/mol. The van der Waals surface area contributed by atoms with Crippen LogP contribution < -0.4 is 5.43 Å². The Balaban J connectivity index is 2.41. The van der Waals surface area contributed by atoms with E-state index in [1.54, 1.807) is 0 Å². The van der Waals surface area contributed by atoms with E-state index in [0.717, 1.165) is 12.1 Å². The van der Waals surface area contributed by atoms with Crippen molar-refractivity contribution in [1.82, 2.24) is 4.57 Å². The van der Waals surface area contributed by atoms with E-state index in [-0.39, 0.29) is 22.9 Å². The number of carbonyl (C=O) groups is 1. The maximum Gasteiger partial charge on any atom is 0.199 e. The van der Waals surface area contributed by atoms with Crippen LogP contribution in [0.2, 0.25) is 0 Å². The fourth-order valence-electron chi connectivity index (χ4n) is 2.16. The Kier molecular flexibility index (Phi) is 2.48. The number of aldehydes is 1. The fraction of sp³-hybridized carbons (Fsp3) is 0.231. The summed E-state index contributed by atoms with van der Waals surface area (Å²) >= 11 is 0. The van der Waals surface area contributed by atoms with Crippen molar-refractivity contribution in [3.05, 3.63) is 45.8 Å². The van der Waals surface area contributed by atoms with E-state index >= 15 is 0 Å². The normalized spacial score (nSPS) is 21.6. The first-order valence-corrected chi connectivity index (χ1v) is 5.66. The van der Waals surface area contributed by atoms with Gasteiger partial charge in [0.1, 0.15) is 6.17 Å². The van der Waals surface area contributed by atoms with Crippen LogP contribution in [0.5, 0.6) is 0 Å². The first-order chi connectivity index (χ1) is 9.02. The van der Waals surface area contributed by atoms with Crippen molar-refractivity contribution >= 4 is 17.2 Å². The van der Waals surface area contributed by atoms with Crippen LogP contribution >= 0.6 is 0 Å². The van der Waals surface area contributed by atoms with Gasteiger partial charge in [0.05, 0.1) is 17.1 Å². The Morgan fingerprint density at radius 2 is 1.89 bits per heavy atom. The van der Waals surface area contributed by atoms with Crippen molar-refractivity contribution in [2.45, 2.75) is 18.6 Å². The Hall–Kier alpha value is -2.11. The van der Waals surface area contributed by atoms with Gasteiger partial charge in [-0.15, -0.1) is 0 Å². The highest BCUT2D eigenvalue weighted by atomic mass is 19.2. The molecule has 0 spiro atoms. The molecule has 1 saturated carbocycles. The summed E-state index contributed by atoms with van der Waals surface area (Å²) in [5, 5.41) is -0.123. The molecule has 3 nitrogen and oxygen atoms in total. The number of rotatable bonds is 2. The third-order valence-corrected chi connectivity index (χ3v) is 3.27. The summed E-state index contributed by atoms with van der Waals surface area (Å²) in [7, 11) is 0. The molecule has 0 aliphatic heterocycles. The number of benzene rings is 1. The van der Waals surface area contributed by atoms with E-state index in [1.165, 1.54) is 10.8 Å². The van der Waals surface area contributed by atoms with Gasteiger partial charge >= 0.3 is 0 Å². The molecule has 0 radical (unpaired) electrons. The van der Waals surface area contributed by atoms with Crippen molar-refractivity contribution in [2.24, 2.45) is 0 Å². The van der Waals surface area contributed by atoms with Gasteiger partial charge < -0.3 is 4.57 Å². The molecule has 98 valence electrons. The zero-order valence-corrected chi connectivity index (χ0v) is 9.57. The monoisotopic (exact) mass is 267 g/mol. The lowest BCUT2D eigenvalue weighted by atomic mass is 10.1. The lowest BCUT2D eigenvalue weighted by Gasteiger charge is -2.11. The molecular weight excluding hydrogens is 259 g/mol. The molecule has 3 rings (SSSR count). The number of halogens is 3. The predicted octanol–water partition coefficient (Wildman–Crippen LogP) is 2.38. The van der Waals surface area contributed by atoms with E-state index in [1.807, 2.05) is 0 Å². The van der Waals surface area contributed by atoms with E-state index in [4.69, 9.17) is 0 Å². The van der Waals surface area contributed by atoms with Gasteiger partial charge in [-0.3, -0.25) is 9.59 Å². The van der Waals surface area contributed by atoms with E-state index in [0.29, 0.717) is 6.29 Å². The van der Waals surface area contributed by atoms with Crippen molar-refractivity contribution in [3.63, 3.8) is 0 Å². The van der Waals surface area contributed by atoms with Gasteiger partial charge in [-0.2, -0.15) is 0 Å². The van der Waals surface area contributed by atoms with Crippen LogP contribution in [0.3, 0.4) is 0 Å². The van der Waals surface area contributed by atoms with Gasteiger partial charge in [0.25, 0.3) is 0 Å². The smallest absolute Gasteiger partial charge is 0.199 e. The number of hydrogen-bond donors (Lipinski definition) is 0. The largest absolute Gasteiger partial charge is 0.340 e. The molecule has 0 bridgehead atoms. The van der Waals surface area contributed by atoms with Crippen LogP contribution in [0, 0.1) is 11.6 Å². The Labute approximate surface area is 105 Å². The zero-order valence-electron chi connectivity index (χ0n) is 9.57. The molecule has 1 aromatic heterocycles. The number of carbonyl (C=O) groups excluding carboxylic acids is 1. The molecule has 0 amide bonds. The minimum atomic E-state index is -1.17. The second kappa shape index (κ2) is 3.94. The molecule has 1 aliphatic rings. The minimum Gasteiger partial charge on any atom is -0.340 e. The van der Waals surface area contributed by atoms with Crippen molar-refractivity contribution < 1.29 is 18.0 Å². The average molecular weight is 267 g/mol. The summed E-state index contributed by atoms with van der Waals surface area (Å²) in [6.45, 7) is 0. The number of nitrogens with zero attached hydrogens (tertiary/aromatic N) is 1. The fourth-order valence-corrected chi connectivity index (χ4v) is 2.16. The van der Waals surface area contributed by atoms with Crippen LogP contribution in [-0.4, -0.2) is 17.0 Å². The number of fused-ring (bicyclic) bond motifs is 1. The maximum atomic E-state index is 13.3. The number of aromatic nitrogens is 1. The Bertz CT molecular complexity index is 754. The molecule has 1 heterocycles. The van der Waals surface area contributed by atoms with Gasteiger partial charge in [-0.25, -0.2) is 13.2 Å². The Morgan fingerprint density at radius 1 is 1.26 bits per heavy atom. The van der Waals surface area contributed by atoms with Crippen molar-refractivity contribution in [1.29, 1.82) is 0 Å². The molecule has 2 unspecified atom stereocenters. The number of hydrogen-bond acceptors (Lipinski definition) is 2. The maximum absolute atomic E-state index is 13.3. The van der Waals surface area contributed by atoms with Gasteiger partial charge in [-0.05, 0) is 6.07 Å².